The Morgan fingerprint density at radius 2 is 1.78 bits per heavy atom. The number of fused-ring (bicyclic) bond motifs is 1. The lowest BCUT2D eigenvalue weighted by molar-refractivity contribution is 0.0318. The first kappa shape index (κ1) is 18.6. The number of carbonyl (C=O) groups is 2. The van der Waals surface area contributed by atoms with Crippen LogP contribution in [0.2, 0.25) is 0 Å². The van der Waals surface area contributed by atoms with Crippen LogP contribution in [-0.4, -0.2) is 32.6 Å². The minimum Gasteiger partial charge on any atom is -0.451 e. The number of rotatable bonds is 5. The van der Waals surface area contributed by atoms with Crippen LogP contribution in [0.1, 0.15) is 47.5 Å². The van der Waals surface area contributed by atoms with E-state index in [2.05, 4.69) is 10.1 Å². The predicted molar refractivity (Wildman–Crippen MR) is 93.5 cm³/mol. The summed E-state index contributed by atoms with van der Waals surface area (Å²) in [6.07, 6.45) is 1.77. The van der Waals surface area contributed by atoms with Gasteiger partial charge in [0.15, 0.2) is 23.4 Å². The molecule has 0 aliphatic heterocycles. The van der Waals surface area contributed by atoms with Gasteiger partial charge in [-0.1, -0.05) is 0 Å². The molecule has 0 spiro atoms. The van der Waals surface area contributed by atoms with E-state index >= 15 is 0 Å². The van der Waals surface area contributed by atoms with Gasteiger partial charge in [-0.15, -0.1) is 0 Å². The topological polar surface area (TPSA) is 74.1 Å². The molecule has 0 bridgehead atoms. The number of nitrogens with zero attached hydrogens (tertiary/aromatic N) is 3. The zero-order valence-electron chi connectivity index (χ0n) is 14.9. The summed E-state index contributed by atoms with van der Waals surface area (Å²) >= 11 is 0. The third-order valence-corrected chi connectivity index (χ3v) is 4.02. The average Bonchev–Trinajstić information content (AvgIpc) is 3.06. The second-order valence-corrected chi connectivity index (χ2v) is 6.36. The van der Waals surface area contributed by atoms with Gasteiger partial charge in [-0.2, -0.15) is 5.10 Å². The molecule has 0 N–H and O–H groups in total. The molecule has 0 fully saturated rings. The monoisotopic (exact) mass is 373 g/mol. The summed E-state index contributed by atoms with van der Waals surface area (Å²) in [7, 11) is 0. The molecule has 0 aliphatic carbocycles. The molecule has 6 nitrogen and oxygen atoms in total. The van der Waals surface area contributed by atoms with Gasteiger partial charge >= 0.3 is 5.97 Å². The molecule has 3 rings (SSSR count). The minimum absolute atomic E-state index is 0.0824. The van der Waals surface area contributed by atoms with Crippen LogP contribution in [0.15, 0.2) is 36.7 Å². The molecule has 0 radical (unpaired) electrons. The van der Waals surface area contributed by atoms with Crippen LogP contribution in [0.25, 0.3) is 11.0 Å². The highest BCUT2D eigenvalue weighted by molar-refractivity contribution is 6.01. The average molecular weight is 373 g/mol. The summed E-state index contributed by atoms with van der Waals surface area (Å²) in [6.45, 7) is 5.29. The Morgan fingerprint density at radius 3 is 2.44 bits per heavy atom. The minimum atomic E-state index is -1.17. The molecule has 2 aromatic heterocycles. The fourth-order valence-corrected chi connectivity index (χ4v) is 2.60. The van der Waals surface area contributed by atoms with Gasteiger partial charge in [-0.25, -0.2) is 23.2 Å². The number of pyridine rings is 1. The van der Waals surface area contributed by atoms with Crippen molar-refractivity contribution in [1.29, 1.82) is 0 Å². The number of aromatic nitrogens is 3. The van der Waals surface area contributed by atoms with Crippen molar-refractivity contribution in [1.82, 2.24) is 14.8 Å². The highest BCUT2D eigenvalue weighted by Crippen LogP contribution is 2.18. The molecular formula is C19H17F2N3O3. The maximum atomic E-state index is 13.3. The quantitative estimate of drug-likeness (QED) is 0.503. The molecule has 27 heavy (non-hydrogen) atoms. The van der Waals surface area contributed by atoms with Crippen LogP contribution in [-0.2, 0) is 4.74 Å². The van der Waals surface area contributed by atoms with Gasteiger partial charge in [0.2, 0.25) is 5.78 Å². The molecule has 0 aliphatic rings. The third-order valence-electron chi connectivity index (χ3n) is 4.02. The molecule has 8 heteroatoms. The summed E-state index contributed by atoms with van der Waals surface area (Å²) in [6, 6.07) is 4.45. The standard InChI is InChI=1S/C19H17F2N3O3/c1-10(2)24-18-13(9-23-24)6-14(8-22-18)19(26)27-11(3)17(25)12-4-5-15(20)16(21)7-12/h4-11H,1-3H3. The molecule has 0 saturated carbocycles. The first-order chi connectivity index (χ1) is 12.8. The number of hydrogen-bond acceptors (Lipinski definition) is 5. The molecule has 1 unspecified atom stereocenters. The SMILES string of the molecule is CC(OC(=O)c1cnc2c(cnn2C(C)C)c1)C(=O)c1ccc(F)c(F)c1. The fraction of sp³-hybridized carbons (Fsp3) is 0.263. The van der Waals surface area contributed by atoms with E-state index in [0.29, 0.717) is 11.0 Å². The third kappa shape index (κ3) is 3.69. The van der Waals surface area contributed by atoms with E-state index in [1.54, 1.807) is 16.9 Å². The number of halogens is 2. The molecule has 2 heterocycles. The van der Waals surface area contributed by atoms with E-state index in [-0.39, 0.29) is 17.2 Å². The van der Waals surface area contributed by atoms with Crippen molar-refractivity contribution in [3.8, 4) is 0 Å². The normalized spacial score (nSPS) is 12.4. The van der Waals surface area contributed by atoms with Gasteiger partial charge in [0.05, 0.1) is 11.8 Å². The van der Waals surface area contributed by atoms with E-state index in [4.69, 9.17) is 4.74 Å². The van der Waals surface area contributed by atoms with Gasteiger partial charge in [0.1, 0.15) is 0 Å². The Labute approximate surface area is 153 Å². The zero-order chi connectivity index (χ0) is 19.7. The molecular weight excluding hydrogens is 356 g/mol. The largest absolute Gasteiger partial charge is 0.451 e. The van der Waals surface area contributed by atoms with Gasteiger partial charge in [-0.05, 0) is 45.0 Å². The lowest BCUT2D eigenvalue weighted by atomic mass is 10.1. The lowest BCUT2D eigenvalue weighted by Crippen LogP contribution is -2.24. The summed E-state index contributed by atoms with van der Waals surface area (Å²) in [5, 5.41) is 4.89. The van der Waals surface area contributed by atoms with Crippen molar-refractivity contribution < 1.29 is 23.1 Å². The van der Waals surface area contributed by atoms with E-state index in [1.165, 1.54) is 13.1 Å². The molecule has 140 valence electrons. The smallest absolute Gasteiger partial charge is 0.340 e. The molecule has 1 aromatic carbocycles. The van der Waals surface area contributed by atoms with E-state index in [1.807, 2.05) is 13.8 Å². The first-order valence-electron chi connectivity index (χ1n) is 8.31. The second-order valence-electron chi connectivity index (χ2n) is 6.36. The van der Waals surface area contributed by atoms with Gasteiger partial charge < -0.3 is 4.74 Å². The fourth-order valence-electron chi connectivity index (χ4n) is 2.60. The summed E-state index contributed by atoms with van der Waals surface area (Å²) in [4.78, 5) is 28.8. The van der Waals surface area contributed by atoms with Gasteiger partial charge in [0, 0.05) is 23.2 Å². The Bertz CT molecular complexity index is 1030. The Kier molecular flexibility index (Phi) is 4.98. The molecule has 0 saturated heterocycles. The van der Waals surface area contributed by atoms with Crippen molar-refractivity contribution in [3.63, 3.8) is 0 Å². The molecule has 3 aromatic rings. The Balaban J connectivity index is 1.76. The summed E-state index contributed by atoms with van der Waals surface area (Å²) in [5.41, 5.74) is 0.712. The highest BCUT2D eigenvalue weighted by atomic mass is 19.2. The van der Waals surface area contributed by atoms with Crippen molar-refractivity contribution in [2.75, 3.05) is 0 Å². The van der Waals surface area contributed by atoms with E-state index < -0.39 is 29.5 Å². The second kappa shape index (κ2) is 7.22. The highest BCUT2D eigenvalue weighted by Gasteiger charge is 2.22. The molecule has 1 atom stereocenters. The molecule has 0 amide bonds. The maximum absolute atomic E-state index is 13.3. The number of benzene rings is 1. The van der Waals surface area contributed by atoms with Crippen LogP contribution >= 0.6 is 0 Å². The van der Waals surface area contributed by atoms with Crippen LogP contribution in [0.4, 0.5) is 8.78 Å². The lowest BCUT2D eigenvalue weighted by Gasteiger charge is -2.12. The summed E-state index contributed by atoms with van der Waals surface area (Å²) in [5.74, 6) is -3.58. The van der Waals surface area contributed by atoms with E-state index in [9.17, 15) is 18.4 Å². The van der Waals surface area contributed by atoms with Crippen molar-refractivity contribution in [2.24, 2.45) is 0 Å². The van der Waals surface area contributed by atoms with Crippen molar-refractivity contribution >= 4 is 22.8 Å². The van der Waals surface area contributed by atoms with Gasteiger partial charge in [-0.3, -0.25) is 4.79 Å². The first-order valence-corrected chi connectivity index (χ1v) is 8.31. The Morgan fingerprint density at radius 1 is 1.04 bits per heavy atom. The van der Waals surface area contributed by atoms with Gasteiger partial charge in [0.25, 0.3) is 0 Å². The van der Waals surface area contributed by atoms with Crippen LogP contribution in [0.3, 0.4) is 0 Å². The van der Waals surface area contributed by atoms with Crippen LogP contribution in [0, 0.1) is 11.6 Å². The van der Waals surface area contributed by atoms with Crippen LogP contribution in [0.5, 0.6) is 0 Å². The zero-order valence-corrected chi connectivity index (χ0v) is 14.9. The van der Waals surface area contributed by atoms with Crippen LogP contribution < -0.4 is 0 Å². The number of ether oxygens (including phenoxy) is 1. The number of esters is 1. The maximum Gasteiger partial charge on any atom is 0.340 e. The number of ketones is 1. The number of hydrogen-bond donors (Lipinski definition) is 0. The van der Waals surface area contributed by atoms with Crippen molar-refractivity contribution in [3.05, 3.63) is 59.4 Å². The van der Waals surface area contributed by atoms with Crippen molar-refractivity contribution in [2.45, 2.75) is 32.9 Å². The van der Waals surface area contributed by atoms with E-state index in [0.717, 1.165) is 18.2 Å². The summed E-state index contributed by atoms with van der Waals surface area (Å²) < 4.78 is 33.2. The number of carbonyl (C=O) groups excluding carboxylic acids is 2. The predicted octanol–water partition coefficient (Wildman–Crippen LogP) is 3.72. The number of Topliss-reactive ketones (excluding diaryl/α,β-unsaturated/α-hetero) is 1. The Hall–Kier alpha value is -3.16.